The molecule has 0 saturated carbocycles. The molecule has 0 spiro atoms. The molecule has 5 nitrogen and oxygen atoms in total. The Morgan fingerprint density at radius 3 is 2.90 bits per heavy atom. The van der Waals surface area contributed by atoms with Crippen LogP contribution in [0.1, 0.15) is 27.9 Å². The molecule has 1 aliphatic heterocycles. The molecule has 4 N–H and O–H groups in total. The molecular weight excluding hydrogens is 262 g/mol. The number of aryl methyl sites for hydroxylation is 2. The van der Waals surface area contributed by atoms with Crippen molar-refractivity contribution < 1.29 is 0 Å². The normalized spacial score (nSPS) is 13.8. The largest absolute Gasteiger partial charge is 0.368 e. The molecule has 1 aromatic carbocycles. The van der Waals surface area contributed by atoms with Gasteiger partial charge in [0.15, 0.2) is 0 Å². The van der Waals surface area contributed by atoms with Gasteiger partial charge in [0, 0.05) is 18.7 Å². The van der Waals surface area contributed by atoms with Crippen LogP contribution in [-0.4, -0.2) is 16.5 Å². The van der Waals surface area contributed by atoms with Crippen molar-refractivity contribution >= 4 is 11.8 Å². The van der Waals surface area contributed by atoms with Crippen LogP contribution in [0.2, 0.25) is 0 Å². The zero-order valence-corrected chi connectivity index (χ0v) is 12.5. The van der Waals surface area contributed by atoms with E-state index in [1.165, 1.54) is 22.3 Å². The van der Waals surface area contributed by atoms with Crippen LogP contribution in [0.3, 0.4) is 0 Å². The number of benzene rings is 1. The maximum Gasteiger partial charge on any atom is 0.222 e. The zero-order valence-electron chi connectivity index (χ0n) is 12.5. The van der Waals surface area contributed by atoms with Gasteiger partial charge >= 0.3 is 0 Å². The first-order valence-corrected chi connectivity index (χ1v) is 7.29. The van der Waals surface area contributed by atoms with E-state index < -0.39 is 0 Å². The number of rotatable bonds is 3. The smallest absolute Gasteiger partial charge is 0.222 e. The average molecular weight is 283 g/mol. The maximum atomic E-state index is 5.81. The quantitative estimate of drug-likeness (QED) is 0.802. The van der Waals surface area contributed by atoms with Crippen LogP contribution in [0.5, 0.6) is 0 Å². The van der Waals surface area contributed by atoms with E-state index in [9.17, 15) is 0 Å². The molecular formula is C16H21N5. The Bertz CT molecular complexity index is 666. The molecule has 1 aromatic heterocycles. The highest BCUT2D eigenvalue weighted by molar-refractivity contribution is 5.51. The number of nitrogens with zero attached hydrogens (tertiary/aromatic N) is 2. The third-order valence-corrected chi connectivity index (χ3v) is 3.99. The fraction of sp³-hybridized carbons (Fsp3) is 0.375. The van der Waals surface area contributed by atoms with Gasteiger partial charge in [0.25, 0.3) is 0 Å². The van der Waals surface area contributed by atoms with Gasteiger partial charge in [0.05, 0.1) is 5.69 Å². The van der Waals surface area contributed by atoms with E-state index in [1.807, 2.05) is 0 Å². The third-order valence-electron chi connectivity index (χ3n) is 3.99. The number of hydrogen-bond acceptors (Lipinski definition) is 5. The Morgan fingerprint density at radius 1 is 1.24 bits per heavy atom. The van der Waals surface area contributed by atoms with E-state index >= 15 is 0 Å². The van der Waals surface area contributed by atoms with Crippen LogP contribution in [0.4, 0.5) is 11.8 Å². The van der Waals surface area contributed by atoms with Crippen LogP contribution < -0.4 is 16.4 Å². The molecule has 0 amide bonds. The Hall–Kier alpha value is -2.14. The summed E-state index contributed by atoms with van der Waals surface area (Å²) in [4.78, 5) is 8.69. The molecule has 110 valence electrons. The summed E-state index contributed by atoms with van der Waals surface area (Å²) >= 11 is 0. The van der Waals surface area contributed by atoms with Crippen molar-refractivity contribution in [2.24, 2.45) is 0 Å². The van der Waals surface area contributed by atoms with Gasteiger partial charge in [0.2, 0.25) is 5.95 Å². The summed E-state index contributed by atoms with van der Waals surface area (Å²) in [5, 5.41) is 6.73. The van der Waals surface area contributed by atoms with Crippen molar-refractivity contribution in [2.75, 3.05) is 17.6 Å². The summed E-state index contributed by atoms with van der Waals surface area (Å²) in [6.07, 6.45) is 0.935. The number of aromatic nitrogens is 2. The molecule has 1 aliphatic rings. The number of hydrogen-bond donors (Lipinski definition) is 3. The molecule has 0 unspecified atom stereocenters. The lowest BCUT2D eigenvalue weighted by molar-refractivity contribution is 0.625. The summed E-state index contributed by atoms with van der Waals surface area (Å²) < 4.78 is 0. The third kappa shape index (κ3) is 2.97. The first kappa shape index (κ1) is 13.8. The second-order valence-electron chi connectivity index (χ2n) is 5.55. The minimum absolute atomic E-state index is 0.333. The highest BCUT2D eigenvalue weighted by Crippen LogP contribution is 2.21. The first-order chi connectivity index (χ1) is 10.1. The molecule has 5 heteroatoms. The Kier molecular flexibility index (Phi) is 3.75. The summed E-state index contributed by atoms with van der Waals surface area (Å²) in [5.41, 5.74) is 11.9. The van der Waals surface area contributed by atoms with E-state index in [1.54, 1.807) is 0 Å². The fourth-order valence-corrected chi connectivity index (χ4v) is 2.62. The van der Waals surface area contributed by atoms with Crippen molar-refractivity contribution in [3.8, 4) is 0 Å². The lowest BCUT2D eigenvalue weighted by Crippen LogP contribution is -2.26. The van der Waals surface area contributed by atoms with Crippen molar-refractivity contribution in [2.45, 2.75) is 33.4 Å². The summed E-state index contributed by atoms with van der Waals surface area (Å²) in [5.74, 6) is 1.21. The minimum atomic E-state index is 0.333. The highest BCUT2D eigenvalue weighted by Gasteiger charge is 2.16. The summed E-state index contributed by atoms with van der Waals surface area (Å²) in [7, 11) is 0. The SMILES string of the molecule is Cc1ccc(CNc2nc(N)nc3c2CCNC3)cc1C. The maximum absolute atomic E-state index is 5.81. The van der Waals surface area contributed by atoms with E-state index in [0.717, 1.165) is 37.6 Å². The lowest BCUT2D eigenvalue weighted by atomic mass is 10.1. The summed E-state index contributed by atoms with van der Waals surface area (Å²) in [6, 6.07) is 6.51. The lowest BCUT2D eigenvalue weighted by Gasteiger charge is -2.20. The van der Waals surface area contributed by atoms with E-state index in [4.69, 9.17) is 5.73 Å². The number of fused-ring (bicyclic) bond motifs is 1. The van der Waals surface area contributed by atoms with Gasteiger partial charge in [-0.25, -0.2) is 4.98 Å². The van der Waals surface area contributed by atoms with Crippen molar-refractivity contribution in [1.29, 1.82) is 0 Å². The van der Waals surface area contributed by atoms with Crippen LogP contribution in [0.25, 0.3) is 0 Å². The van der Waals surface area contributed by atoms with Crippen molar-refractivity contribution in [3.05, 3.63) is 46.1 Å². The summed E-state index contributed by atoms with van der Waals surface area (Å²) in [6.45, 7) is 6.73. The van der Waals surface area contributed by atoms with Gasteiger partial charge in [0.1, 0.15) is 5.82 Å². The molecule has 0 saturated heterocycles. The van der Waals surface area contributed by atoms with Crippen molar-refractivity contribution in [3.63, 3.8) is 0 Å². The highest BCUT2D eigenvalue weighted by atomic mass is 15.1. The predicted octanol–water partition coefficient (Wildman–Crippen LogP) is 1.93. The van der Waals surface area contributed by atoms with Gasteiger partial charge in [-0.1, -0.05) is 18.2 Å². The predicted molar refractivity (Wildman–Crippen MR) is 85.1 cm³/mol. The molecule has 0 bridgehead atoms. The molecule has 21 heavy (non-hydrogen) atoms. The molecule has 0 fully saturated rings. The van der Waals surface area contributed by atoms with E-state index in [2.05, 4.69) is 52.6 Å². The Morgan fingerprint density at radius 2 is 2.10 bits per heavy atom. The standard InChI is InChI=1S/C16H21N5/c1-10-3-4-12(7-11(10)2)8-19-15-13-5-6-18-9-14(13)20-16(17)21-15/h3-4,7,18H,5-6,8-9H2,1-2H3,(H3,17,19,20,21). The Balaban J connectivity index is 1.81. The second kappa shape index (κ2) is 5.69. The number of nitrogens with two attached hydrogens (primary N) is 1. The molecule has 2 aromatic rings. The van der Waals surface area contributed by atoms with Crippen LogP contribution >= 0.6 is 0 Å². The number of anilines is 2. The van der Waals surface area contributed by atoms with E-state index in [-0.39, 0.29) is 0 Å². The first-order valence-electron chi connectivity index (χ1n) is 7.29. The van der Waals surface area contributed by atoms with Crippen LogP contribution in [0, 0.1) is 13.8 Å². The molecule has 0 atom stereocenters. The molecule has 0 radical (unpaired) electrons. The number of nitrogens with one attached hydrogen (secondary N) is 2. The average Bonchev–Trinajstić information content (AvgIpc) is 2.48. The molecule has 2 heterocycles. The topological polar surface area (TPSA) is 75.9 Å². The van der Waals surface area contributed by atoms with E-state index in [0.29, 0.717) is 5.95 Å². The van der Waals surface area contributed by atoms with Crippen LogP contribution in [0.15, 0.2) is 18.2 Å². The zero-order chi connectivity index (χ0) is 14.8. The van der Waals surface area contributed by atoms with Gasteiger partial charge < -0.3 is 16.4 Å². The molecule has 0 aliphatic carbocycles. The van der Waals surface area contributed by atoms with Crippen LogP contribution in [-0.2, 0) is 19.5 Å². The van der Waals surface area contributed by atoms with Gasteiger partial charge in [-0.15, -0.1) is 0 Å². The molecule has 3 rings (SSSR count). The second-order valence-corrected chi connectivity index (χ2v) is 5.55. The number of nitrogen functional groups attached to an aromatic ring is 1. The monoisotopic (exact) mass is 283 g/mol. The van der Waals surface area contributed by atoms with Crippen molar-refractivity contribution in [1.82, 2.24) is 15.3 Å². The van der Waals surface area contributed by atoms with Gasteiger partial charge in [-0.2, -0.15) is 4.98 Å². The van der Waals surface area contributed by atoms with Gasteiger partial charge in [-0.05, 0) is 43.5 Å². The van der Waals surface area contributed by atoms with Gasteiger partial charge in [-0.3, -0.25) is 0 Å². The Labute approximate surface area is 125 Å². The fourth-order valence-electron chi connectivity index (χ4n) is 2.62. The minimum Gasteiger partial charge on any atom is -0.368 e.